The van der Waals surface area contributed by atoms with E-state index in [-0.39, 0.29) is 15.6 Å². The number of nitrogens with zero attached hydrogens (tertiary/aromatic N) is 1. The van der Waals surface area contributed by atoms with Crippen molar-refractivity contribution in [3.05, 3.63) is 43.9 Å². The van der Waals surface area contributed by atoms with Gasteiger partial charge in [-0.25, -0.2) is 5.43 Å². The first-order chi connectivity index (χ1) is 9.32. The Balaban J connectivity index is 2.75. The first-order valence-electron chi connectivity index (χ1n) is 4.88. The number of hydrazone groups is 1. The monoisotopic (exact) mass is 353 g/mol. The number of hydrogen-bond donors (Lipinski definition) is 1. The zero-order valence-electron chi connectivity index (χ0n) is 9.49. The van der Waals surface area contributed by atoms with Crippen molar-refractivity contribution in [2.24, 2.45) is 5.10 Å². The third-order valence-electron chi connectivity index (χ3n) is 1.91. The van der Waals surface area contributed by atoms with E-state index in [1.807, 2.05) is 0 Å². The number of halogens is 4. The van der Waals surface area contributed by atoms with Gasteiger partial charge in [0, 0.05) is 5.56 Å². The number of hydrogen-bond acceptors (Lipinski definition) is 4. The first kappa shape index (κ1) is 16.8. The topological polar surface area (TPSA) is 81.6 Å². The number of allylic oxidation sites excluding steroid dienone is 1. The van der Waals surface area contributed by atoms with Gasteiger partial charge in [-0.05, 0) is 18.2 Å². The number of carbonyl (C=O) groups is 2. The molecule has 0 heterocycles. The third-order valence-corrected chi connectivity index (χ3v) is 3.39. The summed E-state index contributed by atoms with van der Waals surface area (Å²) in [7, 11) is 0. The number of carbonyl (C=O) groups excluding carboxylic acids is 2. The van der Waals surface area contributed by atoms with Crippen LogP contribution in [0.2, 0.25) is 10.0 Å². The lowest BCUT2D eigenvalue weighted by Crippen LogP contribution is -2.23. The van der Waals surface area contributed by atoms with Crippen LogP contribution in [0.3, 0.4) is 0 Å². The first-order valence-corrected chi connectivity index (χ1v) is 6.39. The summed E-state index contributed by atoms with van der Waals surface area (Å²) in [6, 6.07) is 4.23. The fourth-order valence-electron chi connectivity index (χ4n) is 1.00. The van der Waals surface area contributed by atoms with Crippen LogP contribution in [0.15, 0.2) is 33.4 Å². The molecule has 0 saturated heterocycles. The molecule has 5 nitrogen and oxygen atoms in total. The molecule has 0 fully saturated rings. The molecule has 0 bridgehead atoms. The maximum Gasteiger partial charge on any atom is 0.271 e. The molecule has 1 amide bonds. The van der Waals surface area contributed by atoms with Gasteiger partial charge in [0.25, 0.3) is 5.91 Å². The lowest BCUT2D eigenvalue weighted by molar-refractivity contribution is -0.298. The van der Waals surface area contributed by atoms with E-state index in [4.69, 9.17) is 46.4 Å². The Morgan fingerprint density at radius 2 is 1.85 bits per heavy atom. The van der Waals surface area contributed by atoms with Crippen molar-refractivity contribution >= 4 is 64.5 Å². The summed E-state index contributed by atoms with van der Waals surface area (Å²) in [4.78, 5) is 22.0. The SMILES string of the molecule is O=C([O-])/C(Cl)=C(Cl)/C=N\NC(=O)c1ccc(Cl)c(Cl)c1. The molecule has 0 saturated carbocycles. The van der Waals surface area contributed by atoms with E-state index in [9.17, 15) is 14.7 Å². The van der Waals surface area contributed by atoms with Crippen LogP contribution in [0, 0.1) is 0 Å². The van der Waals surface area contributed by atoms with E-state index in [2.05, 4.69) is 10.5 Å². The lowest BCUT2D eigenvalue weighted by atomic mass is 10.2. The van der Waals surface area contributed by atoms with Crippen molar-refractivity contribution in [1.82, 2.24) is 5.43 Å². The summed E-state index contributed by atoms with van der Waals surface area (Å²) in [5.41, 5.74) is 2.32. The zero-order valence-corrected chi connectivity index (χ0v) is 12.5. The number of rotatable bonds is 4. The Bertz CT molecular complexity index is 614. The van der Waals surface area contributed by atoms with Gasteiger partial charge < -0.3 is 9.90 Å². The highest BCUT2D eigenvalue weighted by molar-refractivity contribution is 6.51. The van der Waals surface area contributed by atoms with Crippen LogP contribution in [0.1, 0.15) is 10.4 Å². The van der Waals surface area contributed by atoms with Crippen LogP contribution in [0.5, 0.6) is 0 Å². The fraction of sp³-hybridized carbons (Fsp3) is 0. The molecule has 0 aliphatic carbocycles. The Kier molecular flexibility index (Phi) is 6.29. The Morgan fingerprint density at radius 3 is 2.40 bits per heavy atom. The average molecular weight is 355 g/mol. The van der Waals surface area contributed by atoms with Gasteiger partial charge in [-0.2, -0.15) is 5.10 Å². The minimum atomic E-state index is -1.65. The Labute approximate surface area is 133 Å². The maximum absolute atomic E-state index is 11.6. The Morgan fingerprint density at radius 1 is 1.20 bits per heavy atom. The number of carboxylic acid groups (broad SMARTS) is 1. The number of aliphatic carboxylic acids is 1. The van der Waals surface area contributed by atoms with Gasteiger partial charge in [-0.1, -0.05) is 46.4 Å². The minimum Gasteiger partial charge on any atom is -0.544 e. The lowest BCUT2D eigenvalue weighted by Gasteiger charge is -2.02. The quantitative estimate of drug-likeness (QED) is 0.511. The van der Waals surface area contributed by atoms with Gasteiger partial charge in [0.1, 0.15) is 0 Å². The highest BCUT2D eigenvalue weighted by atomic mass is 35.5. The highest BCUT2D eigenvalue weighted by Gasteiger charge is 2.07. The molecule has 0 spiro atoms. The van der Waals surface area contributed by atoms with Crippen LogP contribution in [-0.2, 0) is 4.79 Å². The molecule has 1 rings (SSSR count). The van der Waals surface area contributed by atoms with E-state index in [0.717, 1.165) is 6.21 Å². The largest absolute Gasteiger partial charge is 0.544 e. The molecular weight excluding hydrogens is 350 g/mol. The van der Waals surface area contributed by atoms with Gasteiger partial charge in [-0.15, -0.1) is 0 Å². The molecule has 0 aliphatic rings. The minimum absolute atomic E-state index is 0.209. The predicted octanol–water partition coefficient (Wildman–Crippen LogP) is 2.15. The summed E-state index contributed by atoms with van der Waals surface area (Å²) >= 11 is 22.2. The molecule has 106 valence electrons. The normalized spacial score (nSPS) is 12.2. The standard InChI is InChI=1S/C11H6Cl4N2O3/c12-6-2-1-5(3-7(6)13)10(18)17-16-4-8(14)9(15)11(19)20/h1-4H,(H,17,18)(H,19,20)/p-1/b9-8+,16-4-. The van der Waals surface area contributed by atoms with E-state index < -0.39 is 16.9 Å². The van der Waals surface area contributed by atoms with Crippen LogP contribution in [0.4, 0.5) is 0 Å². The maximum atomic E-state index is 11.6. The van der Waals surface area contributed by atoms with Crippen LogP contribution in [0.25, 0.3) is 0 Å². The number of nitrogens with one attached hydrogen (secondary N) is 1. The van der Waals surface area contributed by atoms with Crippen molar-refractivity contribution in [3.8, 4) is 0 Å². The van der Waals surface area contributed by atoms with E-state index >= 15 is 0 Å². The van der Waals surface area contributed by atoms with Crippen molar-refractivity contribution in [2.75, 3.05) is 0 Å². The van der Waals surface area contributed by atoms with Gasteiger partial charge >= 0.3 is 0 Å². The molecule has 1 N–H and O–H groups in total. The summed E-state index contributed by atoms with van der Waals surface area (Å²) in [6.07, 6.45) is 0.856. The van der Waals surface area contributed by atoms with Crippen molar-refractivity contribution in [2.45, 2.75) is 0 Å². The molecule has 0 atom stereocenters. The van der Waals surface area contributed by atoms with Gasteiger partial charge in [0.2, 0.25) is 0 Å². The average Bonchev–Trinajstić information content (AvgIpc) is 2.40. The third kappa shape index (κ3) is 4.68. The second kappa shape index (κ2) is 7.50. The number of amides is 1. The van der Waals surface area contributed by atoms with Crippen LogP contribution < -0.4 is 10.5 Å². The molecule has 9 heteroatoms. The molecule has 20 heavy (non-hydrogen) atoms. The molecule has 0 aliphatic heterocycles. The summed E-state index contributed by atoms with van der Waals surface area (Å²) < 4.78 is 0. The van der Waals surface area contributed by atoms with Crippen LogP contribution >= 0.6 is 46.4 Å². The molecule has 1 aromatic carbocycles. The zero-order chi connectivity index (χ0) is 15.3. The van der Waals surface area contributed by atoms with E-state index in [1.54, 1.807) is 0 Å². The van der Waals surface area contributed by atoms with Crippen LogP contribution in [-0.4, -0.2) is 18.1 Å². The van der Waals surface area contributed by atoms with E-state index in [1.165, 1.54) is 18.2 Å². The highest BCUT2D eigenvalue weighted by Crippen LogP contribution is 2.22. The van der Waals surface area contributed by atoms with Crippen molar-refractivity contribution < 1.29 is 14.7 Å². The van der Waals surface area contributed by atoms with E-state index in [0.29, 0.717) is 5.02 Å². The molecule has 0 aromatic heterocycles. The molecule has 1 aromatic rings. The fourth-order valence-corrected chi connectivity index (χ4v) is 1.48. The predicted molar refractivity (Wildman–Crippen MR) is 76.2 cm³/mol. The molecular formula is C11H5Cl4N2O3-. The summed E-state index contributed by atoms with van der Waals surface area (Å²) in [6.45, 7) is 0. The summed E-state index contributed by atoms with van der Waals surface area (Å²) in [5.74, 6) is -2.24. The molecule has 0 unspecified atom stereocenters. The Hall–Kier alpha value is -1.27. The number of carboxylic acids is 1. The van der Waals surface area contributed by atoms with Gasteiger partial charge in [0.15, 0.2) is 0 Å². The number of benzene rings is 1. The molecule has 0 radical (unpaired) electrons. The van der Waals surface area contributed by atoms with Crippen molar-refractivity contribution in [1.29, 1.82) is 0 Å². The van der Waals surface area contributed by atoms with Crippen molar-refractivity contribution in [3.63, 3.8) is 0 Å². The van der Waals surface area contributed by atoms with Gasteiger partial charge in [0.05, 0.1) is 32.3 Å². The summed E-state index contributed by atoms with van der Waals surface area (Å²) in [5, 5.41) is 13.2. The van der Waals surface area contributed by atoms with Gasteiger partial charge in [-0.3, -0.25) is 4.79 Å². The second-order valence-electron chi connectivity index (χ2n) is 3.28. The second-order valence-corrected chi connectivity index (χ2v) is 4.88. The smallest absolute Gasteiger partial charge is 0.271 e.